The molecule has 1 aliphatic heterocycles. The van der Waals surface area contributed by atoms with Crippen LogP contribution in [0.3, 0.4) is 0 Å². The van der Waals surface area contributed by atoms with Crippen molar-refractivity contribution in [2.24, 2.45) is 11.7 Å². The molecule has 7 heteroatoms. The zero-order valence-electron chi connectivity index (χ0n) is 12.2. The number of benzene rings is 1. The molecule has 1 aromatic rings. The minimum atomic E-state index is -0.476. The van der Waals surface area contributed by atoms with Gasteiger partial charge in [0.05, 0.1) is 6.04 Å². The van der Waals surface area contributed by atoms with E-state index in [9.17, 15) is 4.79 Å². The topological polar surface area (TPSA) is 64.4 Å². The van der Waals surface area contributed by atoms with E-state index in [1.165, 1.54) is 0 Å². The third kappa shape index (κ3) is 5.28. The minimum absolute atomic E-state index is 0. The van der Waals surface area contributed by atoms with Crippen molar-refractivity contribution in [1.82, 2.24) is 5.32 Å². The first kappa shape index (κ1) is 19.5. The number of nitrogens with two attached hydrogens (primary N) is 1. The number of carbonyl (C=O) groups excluding carboxylic acids is 1. The summed E-state index contributed by atoms with van der Waals surface area (Å²) in [5.41, 5.74) is 6.86. The van der Waals surface area contributed by atoms with Crippen LogP contribution in [-0.2, 0) is 16.0 Å². The number of halogens is 3. The molecular weight excluding hydrogens is 347 g/mol. The summed E-state index contributed by atoms with van der Waals surface area (Å²) >= 11 is 12.2. The Hall–Kier alpha value is -0.520. The van der Waals surface area contributed by atoms with Gasteiger partial charge in [0.25, 0.3) is 0 Å². The Balaban J connectivity index is 0.00000242. The molecule has 1 fully saturated rings. The van der Waals surface area contributed by atoms with Crippen LogP contribution in [0.2, 0.25) is 10.0 Å². The van der Waals surface area contributed by atoms with Gasteiger partial charge in [-0.1, -0.05) is 29.3 Å². The van der Waals surface area contributed by atoms with E-state index in [0.29, 0.717) is 36.2 Å². The third-order valence-electron chi connectivity index (χ3n) is 3.81. The van der Waals surface area contributed by atoms with E-state index in [1.54, 1.807) is 18.2 Å². The van der Waals surface area contributed by atoms with Crippen molar-refractivity contribution in [3.63, 3.8) is 0 Å². The fraction of sp³-hybridized carbons (Fsp3) is 0.533. The maximum Gasteiger partial charge on any atom is 0.237 e. The number of rotatable bonds is 5. The Morgan fingerprint density at radius 2 is 1.91 bits per heavy atom. The van der Waals surface area contributed by atoms with Crippen LogP contribution in [0.15, 0.2) is 18.2 Å². The van der Waals surface area contributed by atoms with Crippen molar-refractivity contribution in [3.8, 4) is 0 Å². The fourth-order valence-corrected chi connectivity index (χ4v) is 3.08. The second-order valence-electron chi connectivity index (χ2n) is 5.22. The summed E-state index contributed by atoms with van der Waals surface area (Å²) in [6, 6.07) is 4.90. The monoisotopic (exact) mass is 366 g/mol. The van der Waals surface area contributed by atoms with Crippen LogP contribution in [-0.4, -0.2) is 31.7 Å². The Morgan fingerprint density at radius 1 is 1.32 bits per heavy atom. The molecule has 22 heavy (non-hydrogen) atoms. The first-order valence-electron chi connectivity index (χ1n) is 7.13. The lowest BCUT2D eigenvalue weighted by Crippen LogP contribution is -2.47. The van der Waals surface area contributed by atoms with E-state index in [0.717, 1.165) is 18.4 Å². The van der Waals surface area contributed by atoms with Gasteiger partial charge in [0.2, 0.25) is 5.91 Å². The van der Waals surface area contributed by atoms with Gasteiger partial charge in [-0.25, -0.2) is 0 Å². The Kier molecular flexibility index (Phi) is 8.50. The molecular formula is C15H21Cl3N2O2. The summed E-state index contributed by atoms with van der Waals surface area (Å²) in [5.74, 6) is 0.0766. The molecule has 0 spiro atoms. The van der Waals surface area contributed by atoms with Crippen LogP contribution in [0.4, 0.5) is 0 Å². The smallest absolute Gasteiger partial charge is 0.237 e. The van der Waals surface area contributed by atoms with E-state index < -0.39 is 6.04 Å². The summed E-state index contributed by atoms with van der Waals surface area (Å²) in [5, 5.41) is 4.09. The molecule has 4 nitrogen and oxygen atoms in total. The van der Waals surface area contributed by atoms with E-state index in [-0.39, 0.29) is 24.2 Å². The summed E-state index contributed by atoms with van der Waals surface area (Å²) in [7, 11) is 0. The molecule has 0 radical (unpaired) electrons. The molecule has 0 saturated carbocycles. The highest BCUT2D eigenvalue weighted by Crippen LogP contribution is 2.24. The predicted octanol–water partition coefficient (Wildman–Crippen LogP) is 2.83. The summed E-state index contributed by atoms with van der Waals surface area (Å²) in [4.78, 5) is 12.1. The Bertz CT molecular complexity index is 473. The van der Waals surface area contributed by atoms with Gasteiger partial charge in [-0.05, 0) is 42.9 Å². The first-order valence-corrected chi connectivity index (χ1v) is 7.89. The van der Waals surface area contributed by atoms with Crippen LogP contribution in [0, 0.1) is 5.92 Å². The van der Waals surface area contributed by atoms with Crippen molar-refractivity contribution in [1.29, 1.82) is 0 Å². The van der Waals surface area contributed by atoms with Gasteiger partial charge in [-0.2, -0.15) is 0 Å². The van der Waals surface area contributed by atoms with E-state index in [1.807, 2.05) is 0 Å². The van der Waals surface area contributed by atoms with Gasteiger partial charge < -0.3 is 15.8 Å². The van der Waals surface area contributed by atoms with Gasteiger partial charge in [0.15, 0.2) is 0 Å². The Labute approximate surface area is 147 Å². The third-order valence-corrected chi connectivity index (χ3v) is 4.52. The zero-order valence-corrected chi connectivity index (χ0v) is 14.5. The molecule has 0 aliphatic carbocycles. The Morgan fingerprint density at radius 3 is 2.50 bits per heavy atom. The average Bonchev–Trinajstić information content (AvgIpc) is 2.50. The molecule has 1 saturated heterocycles. The molecule has 1 unspecified atom stereocenters. The number of hydrogen-bond acceptors (Lipinski definition) is 3. The van der Waals surface area contributed by atoms with Crippen LogP contribution >= 0.6 is 35.6 Å². The van der Waals surface area contributed by atoms with Gasteiger partial charge in [0.1, 0.15) is 0 Å². The summed E-state index contributed by atoms with van der Waals surface area (Å²) in [6.45, 7) is 1.83. The van der Waals surface area contributed by atoms with Crippen LogP contribution in [0.5, 0.6) is 0 Å². The van der Waals surface area contributed by atoms with E-state index in [2.05, 4.69) is 5.32 Å². The summed E-state index contributed by atoms with van der Waals surface area (Å²) in [6.07, 6.45) is 2.26. The second-order valence-corrected chi connectivity index (χ2v) is 6.03. The highest BCUT2D eigenvalue weighted by atomic mass is 35.5. The lowest BCUT2D eigenvalue weighted by Gasteiger charge is -2.26. The van der Waals surface area contributed by atoms with Crippen LogP contribution in [0.1, 0.15) is 18.4 Å². The van der Waals surface area contributed by atoms with Crippen LogP contribution in [0.25, 0.3) is 0 Å². The molecule has 124 valence electrons. The molecule has 0 aromatic heterocycles. The second kappa shape index (κ2) is 9.58. The minimum Gasteiger partial charge on any atom is -0.381 e. The molecule has 1 heterocycles. The largest absolute Gasteiger partial charge is 0.381 e. The van der Waals surface area contributed by atoms with Crippen molar-refractivity contribution >= 4 is 41.5 Å². The quantitative estimate of drug-likeness (QED) is 0.841. The van der Waals surface area contributed by atoms with Gasteiger partial charge in [-0.3, -0.25) is 4.79 Å². The standard InChI is InChI=1S/C15H20Cl2N2O2.ClH/c16-12-2-1-3-13(17)11(12)4-7-19-15(20)14(18)10-5-8-21-9-6-10;/h1-3,10,14H,4-9,18H2,(H,19,20);1H. The van der Waals surface area contributed by atoms with Crippen molar-refractivity contribution in [3.05, 3.63) is 33.8 Å². The molecule has 1 amide bonds. The number of nitrogens with one attached hydrogen (secondary N) is 1. The highest BCUT2D eigenvalue weighted by molar-refractivity contribution is 6.35. The molecule has 1 atom stereocenters. The highest BCUT2D eigenvalue weighted by Gasteiger charge is 2.26. The number of amides is 1. The van der Waals surface area contributed by atoms with Crippen molar-refractivity contribution in [2.75, 3.05) is 19.8 Å². The van der Waals surface area contributed by atoms with Gasteiger partial charge in [-0.15, -0.1) is 12.4 Å². The SMILES string of the molecule is Cl.NC(C(=O)NCCc1c(Cl)cccc1Cl)C1CCOCC1. The van der Waals surface area contributed by atoms with Gasteiger partial charge >= 0.3 is 0 Å². The normalized spacial score (nSPS) is 16.7. The first-order chi connectivity index (χ1) is 10.1. The molecule has 0 bridgehead atoms. The van der Waals surface area contributed by atoms with E-state index in [4.69, 9.17) is 33.7 Å². The zero-order chi connectivity index (χ0) is 15.2. The molecule has 1 aromatic carbocycles. The maximum atomic E-state index is 12.1. The number of ether oxygens (including phenoxy) is 1. The van der Waals surface area contributed by atoms with E-state index >= 15 is 0 Å². The average molecular weight is 368 g/mol. The molecule has 3 N–H and O–H groups in total. The van der Waals surface area contributed by atoms with Gasteiger partial charge in [0, 0.05) is 29.8 Å². The molecule has 2 rings (SSSR count). The van der Waals surface area contributed by atoms with Crippen LogP contribution < -0.4 is 11.1 Å². The molecule has 1 aliphatic rings. The maximum absolute atomic E-state index is 12.1. The van der Waals surface area contributed by atoms with Crippen molar-refractivity contribution < 1.29 is 9.53 Å². The number of carbonyl (C=O) groups is 1. The fourth-order valence-electron chi connectivity index (χ4n) is 2.49. The predicted molar refractivity (Wildman–Crippen MR) is 91.9 cm³/mol. The number of hydrogen-bond donors (Lipinski definition) is 2. The summed E-state index contributed by atoms with van der Waals surface area (Å²) < 4.78 is 5.28. The lowest BCUT2D eigenvalue weighted by atomic mass is 9.92. The lowest BCUT2D eigenvalue weighted by molar-refractivity contribution is -0.124. The van der Waals surface area contributed by atoms with Crippen molar-refractivity contribution in [2.45, 2.75) is 25.3 Å².